The van der Waals surface area contributed by atoms with Crippen LogP contribution in [0.2, 0.25) is 0 Å². The summed E-state index contributed by atoms with van der Waals surface area (Å²) in [5.41, 5.74) is 3.33. The highest BCUT2D eigenvalue weighted by atomic mass is 16.5. The van der Waals surface area contributed by atoms with E-state index in [1.807, 2.05) is 48.9 Å². The van der Waals surface area contributed by atoms with E-state index in [1.54, 1.807) is 23.9 Å². The Morgan fingerprint density at radius 3 is 2.69 bits per heavy atom. The summed E-state index contributed by atoms with van der Waals surface area (Å²) in [6.07, 6.45) is 10.2. The van der Waals surface area contributed by atoms with Crippen LogP contribution in [0.25, 0.3) is 10.9 Å². The average molecular weight is 429 g/mol. The van der Waals surface area contributed by atoms with E-state index >= 15 is 0 Å². The molecule has 4 rings (SSSR count). The number of aromatic nitrogens is 3. The maximum atomic E-state index is 11.9. The van der Waals surface area contributed by atoms with Gasteiger partial charge >= 0.3 is 0 Å². The number of nitrogens with zero attached hydrogens (tertiary/aromatic N) is 3. The Morgan fingerprint density at radius 1 is 1.03 bits per heavy atom. The molecule has 0 aliphatic heterocycles. The lowest BCUT2D eigenvalue weighted by Crippen LogP contribution is -2.24. The summed E-state index contributed by atoms with van der Waals surface area (Å²) in [7, 11) is 1.78. The van der Waals surface area contributed by atoms with Crippen molar-refractivity contribution in [2.75, 3.05) is 13.2 Å². The number of pyridine rings is 3. The van der Waals surface area contributed by atoms with E-state index in [4.69, 9.17) is 4.74 Å². The maximum absolute atomic E-state index is 11.9. The van der Waals surface area contributed by atoms with Gasteiger partial charge in [0.2, 0.25) is 0 Å². The second kappa shape index (κ2) is 10.7. The lowest BCUT2D eigenvalue weighted by atomic mass is 10.0. The zero-order valence-electron chi connectivity index (χ0n) is 18.3. The van der Waals surface area contributed by atoms with Crippen molar-refractivity contribution in [1.82, 2.24) is 19.9 Å². The first-order chi connectivity index (χ1) is 15.7. The van der Waals surface area contributed by atoms with Crippen LogP contribution in [0.5, 0.6) is 5.75 Å². The highest BCUT2D eigenvalue weighted by Gasteiger charge is 2.11. The number of hydrogen-bond acceptors (Lipinski definition) is 5. The first-order valence-corrected chi connectivity index (χ1v) is 11.0. The van der Waals surface area contributed by atoms with Gasteiger partial charge in [0.15, 0.2) is 0 Å². The van der Waals surface area contributed by atoms with Gasteiger partial charge in [0.25, 0.3) is 5.56 Å². The molecule has 0 saturated heterocycles. The third-order valence-electron chi connectivity index (χ3n) is 5.63. The molecule has 1 N–H and O–H groups in total. The van der Waals surface area contributed by atoms with Gasteiger partial charge in [-0.1, -0.05) is 6.07 Å². The van der Waals surface area contributed by atoms with E-state index in [-0.39, 0.29) is 11.6 Å². The number of nitrogens with one attached hydrogen (secondary N) is 1. The van der Waals surface area contributed by atoms with Crippen molar-refractivity contribution in [1.29, 1.82) is 0 Å². The van der Waals surface area contributed by atoms with Crippen LogP contribution in [0.4, 0.5) is 0 Å². The molecule has 0 saturated carbocycles. The van der Waals surface area contributed by atoms with Crippen LogP contribution in [0.15, 0.2) is 84.2 Å². The molecule has 1 unspecified atom stereocenters. The van der Waals surface area contributed by atoms with Crippen molar-refractivity contribution in [3.05, 3.63) is 101 Å². The lowest BCUT2D eigenvalue weighted by Gasteiger charge is -2.19. The highest BCUT2D eigenvalue weighted by Crippen LogP contribution is 2.20. The summed E-state index contributed by atoms with van der Waals surface area (Å²) in [6, 6.07) is 17.8. The molecular weight excluding hydrogens is 400 g/mol. The number of ether oxygens (including phenoxy) is 1. The van der Waals surface area contributed by atoms with E-state index in [9.17, 15) is 4.79 Å². The van der Waals surface area contributed by atoms with Gasteiger partial charge in [-0.15, -0.1) is 0 Å². The number of fused-ring (bicyclic) bond motifs is 1. The lowest BCUT2D eigenvalue weighted by molar-refractivity contribution is 0.304. The molecule has 0 amide bonds. The first-order valence-electron chi connectivity index (χ1n) is 11.0. The third-order valence-corrected chi connectivity index (χ3v) is 5.63. The van der Waals surface area contributed by atoms with Gasteiger partial charge in [-0.05, 0) is 78.7 Å². The van der Waals surface area contributed by atoms with E-state index in [0.29, 0.717) is 6.61 Å². The van der Waals surface area contributed by atoms with Crippen LogP contribution in [-0.2, 0) is 13.5 Å². The van der Waals surface area contributed by atoms with E-state index in [1.165, 1.54) is 11.1 Å². The van der Waals surface area contributed by atoms with E-state index in [2.05, 4.69) is 33.5 Å². The molecule has 0 bridgehead atoms. The molecule has 0 fully saturated rings. The molecule has 0 aliphatic rings. The second-order valence-corrected chi connectivity index (χ2v) is 7.84. The largest absolute Gasteiger partial charge is 0.493 e. The topological polar surface area (TPSA) is 69.0 Å². The van der Waals surface area contributed by atoms with Gasteiger partial charge in [0, 0.05) is 50.0 Å². The van der Waals surface area contributed by atoms with Gasteiger partial charge in [-0.25, -0.2) is 0 Å². The Morgan fingerprint density at radius 2 is 1.88 bits per heavy atom. The van der Waals surface area contributed by atoms with Gasteiger partial charge in [-0.3, -0.25) is 14.8 Å². The fraction of sp³-hybridized carbons (Fsp3) is 0.269. The zero-order valence-corrected chi connectivity index (χ0v) is 18.3. The minimum atomic E-state index is -0.0210. The Bertz CT molecular complexity index is 1190. The van der Waals surface area contributed by atoms with Crippen LogP contribution in [0, 0.1) is 0 Å². The second-order valence-electron chi connectivity index (χ2n) is 7.84. The Kier molecular flexibility index (Phi) is 7.25. The molecule has 1 atom stereocenters. The Hall–Kier alpha value is -3.51. The van der Waals surface area contributed by atoms with E-state index in [0.717, 1.165) is 42.5 Å². The summed E-state index contributed by atoms with van der Waals surface area (Å²) in [6.45, 7) is 1.44. The van der Waals surface area contributed by atoms with Crippen molar-refractivity contribution < 1.29 is 4.74 Å². The monoisotopic (exact) mass is 428 g/mol. The average Bonchev–Trinajstić information content (AvgIpc) is 2.84. The summed E-state index contributed by atoms with van der Waals surface area (Å²) < 4.78 is 7.60. The van der Waals surface area contributed by atoms with Gasteiger partial charge in [0.05, 0.1) is 12.1 Å². The van der Waals surface area contributed by atoms with Crippen molar-refractivity contribution in [3.63, 3.8) is 0 Å². The quantitative estimate of drug-likeness (QED) is 0.386. The highest BCUT2D eigenvalue weighted by molar-refractivity contribution is 5.80. The molecule has 1 aromatic carbocycles. The van der Waals surface area contributed by atoms with Crippen molar-refractivity contribution in [2.45, 2.75) is 25.3 Å². The number of benzene rings is 1. The Balaban J connectivity index is 1.30. The van der Waals surface area contributed by atoms with E-state index < -0.39 is 0 Å². The van der Waals surface area contributed by atoms with Crippen molar-refractivity contribution >= 4 is 10.9 Å². The van der Waals surface area contributed by atoms with Crippen LogP contribution < -0.4 is 15.6 Å². The van der Waals surface area contributed by atoms with Crippen LogP contribution in [-0.4, -0.2) is 27.7 Å². The maximum Gasteiger partial charge on any atom is 0.250 e. The molecule has 32 heavy (non-hydrogen) atoms. The van der Waals surface area contributed by atoms with Crippen LogP contribution >= 0.6 is 0 Å². The summed E-state index contributed by atoms with van der Waals surface area (Å²) in [4.78, 5) is 20.2. The minimum absolute atomic E-state index is 0.0210. The molecule has 0 spiro atoms. The molecule has 164 valence electrons. The molecular formula is C26H28N4O2. The summed E-state index contributed by atoms with van der Waals surface area (Å²) >= 11 is 0. The number of hydrogen-bond donors (Lipinski definition) is 1. The smallest absolute Gasteiger partial charge is 0.250 e. The molecule has 0 radical (unpaired) electrons. The van der Waals surface area contributed by atoms with Crippen LogP contribution in [0.1, 0.15) is 30.0 Å². The molecule has 6 nitrogen and oxygen atoms in total. The molecule has 6 heteroatoms. The fourth-order valence-electron chi connectivity index (χ4n) is 3.81. The first kappa shape index (κ1) is 21.7. The minimum Gasteiger partial charge on any atom is -0.493 e. The predicted octanol–water partition coefficient (Wildman–Crippen LogP) is 4.06. The number of rotatable bonds is 10. The normalized spacial score (nSPS) is 12.0. The fourth-order valence-corrected chi connectivity index (χ4v) is 3.81. The molecule has 3 aromatic heterocycles. The van der Waals surface area contributed by atoms with Gasteiger partial charge in [0.1, 0.15) is 5.75 Å². The Labute approximate surface area is 187 Å². The molecule has 4 aromatic rings. The van der Waals surface area contributed by atoms with Gasteiger partial charge in [-0.2, -0.15) is 0 Å². The predicted molar refractivity (Wildman–Crippen MR) is 127 cm³/mol. The standard InChI is InChI=1S/C26H28N4O2/c1-30-25-18-23(8-6-22(25)7-10-26(30)31)32-17-3-14-29-24(21-11-15-27-16-12-21)9-5-20-4-2-13-28-19-20/h2,4,6-8,10-13,15-16,18-19,24,29H,3,5,9,14,17H2,1H3. The zero-order chi connectivity index (χ0) is 22.2. The van der Waals surface area contributed by atoms with Crippen molar-refractivity contribution in [2.24, 2.45) is 7.05 Å². The SMILES string of the molecule is Cn1c(=O)ccc2ccc(OCCCNC(CCc3cccnc3)c3ccncc3)cc21. The summed E-state index contributed by atoms with van der Waals surface area (Å²) in [5.74, 6) is 0.779. The van der Waals surface area contributed by atoms with Gasteiger partial charge < -0.3 is 14.6 Å². The summed E-state index contributed by atoms with van der Waals surface area (Å²) in [5, 5.41) is 4.69. The van der Waals surface area contributed by atoms with Crippen LogP contribution in [0.3, 0.4) is 0 Å². The third kappa shape index (κ3) is 5.59. The molecule has 0 aliphatic carbocycles. The number of aryl methyl sites for hydroxylation is 2. The molecule has 3 heterocycles. The van der Waals surface area contributed by atoms with Crippen molar-refractivity contribution in [3.8, 4) is 5.75 Å².